The van der Waals surface area contributed by atoms with Crippen LogP contribution in [0.4, 0.5) is 5.00 Å². The van der Waals surface area contributed by atoms with Crippen LogP contribution in [0, 0.1) is 22.0 Å². The molecule has 3 atom stereocenters. The van der Waals surface area contributed by atoms with Gasteiger partial charge in [-0.05, 0) is 24.8 Å². The van der Waals surface area contributed by atoms with Crippen LogP contribution >= 0.6 is 11.3 Å². The summed E-state index contributed by atoms with van der Waals surface area (Å²) in [5.41, 5.74) is 0. The fourth-order valence-corrected chi connectivity index (χ4v) is 3.89. The summed E-state index contributed by atoms with van der Waals surface area (Å²) in [6.45, 7) is 4.74. The fourth-order valence-electron chi connectivity index (χ4n) is 3.12. The van der Waals surface area contributed by atoms with Gasteiger partial charge in [0.1, 0.15) is 0 Å². The van der Waals surface area contributed by atoms with Gasteiger partial charge in [-0.3, -0.25) is 14.9 Å². The largest absolute Gasteiger partial charge is 0.335 e. The van der Waals surface area contributed by atoms with Crippen LogP contribution in [0.1, 0.15) is 16.6 Å². The monoisotopic (exact) mass is 281 g/mol. The lowest BCUT2D eigenvalue weighted by molar-refractivity contribution is -0.380. The summed E-state index contributed by atoms with van der Waals surface area (Å²) in [5, 5.41) is 14.0. The number of amides is 1. The molecule has 3 unspecified atom stereocenters. The second-order valence-electron chi connectivity index (χ2n) is 5.18. The van der Waals surface area contributed by atoms with E-state index in [1.807, 2.05) is 4.90 Å². The standard InChI is InChI=1S/C12H15N3O3S/c1-7-9-5-13-4-8(9)6-14(7)12(16)10-2-3-11(19-10)15(17)18/h2-3,7-9,13H,4-6H2,1H3. The summed E-state index contributed by atoms with van der Waals surface area (Å²) in [5.74, 6) is 0.966. The minimum absolute atomic E-state index is 0.0251. The molecule has 7 heteroatoms. The van der Waals surface area contributed by atoms with Crippen LogP contribution in [0.15, 0.2) is 12.1 Å². The van der Waals surface area contributed by atoms with Crippen molar-refractivity contribution in [3.63, 3.8) is 0 Å². The number of hydrogen-bond acceptors (Lipinski definition) is 5. The van der Waals surface area contributed by atoms with Gasteiger partial charge in [0.25, 0.3) is 5.91 Å². The Hall–Kier alpha value is -1.47. The van der Waals surface area contributed by atoms with Crippen molar-refractivity contribution in [2.75, 3.05) is 19.6 Å². The topological polar surface area (TPSA) is 75.5 Å². The number of fused-ring (bicyclic) bond motifs is 1. The smallest absolute Gasteiger partial charge is 0.324 e. The van der Waals surface area contributed by atoms with E-state index in [0.717, 1.165) is 31.0 Å². The molecular weight excluding hydrogens is 266 g/mol. The average Bonchev–Trinajstić information content (AvgIpc) is 3.05. The van der Waals surface area contributed by atoms with Crippen molar-refractivity contribution in [3.05, 3.63) is 27.1 Å². The predicted molar refractivity (Wildman–Crippen MR) is 71.3 cm³/mol. The SMILES string of the molecule is CC1C2CNCC2CN1C(=O)c1ccc([N+](=O)[O-])s1. The number of likely N-dealkylation sites (tertiary alicyclic amines) is 1. The highest BCUT2D eigenvalue weighted by Crippen LogP contribution is 2.34. The molecule has 1 amide bonds. The second-order valence-corrected chi connectivity index (χ2v) is 6.24. The lowest BCUT2D eigenvalue weighted by Crippen LogP contribution is -2.37. The second kappa shape index (κ2) is 4.57. The van der Waals surface area contributed by atoms with Gasteiger partial charge in [-0.1, -0.05) is 11.3 Å². The maximum absolute atomic E-state index is 12.4. The van der Waals surface area contributed by atoms with Crippen molar-refractivity contribution < 1.29 is 9.72 Å². The first-order valence-electron chi connectivity index (χ1n) is 6.34. The molecule has 0 aliphatic carbocycles. The molecule has 0 bridgehead atoms. The number of rotatable bonds is 2. The molecule has 102 valence electrons. The van der Waals surface area contributed by atoms with E-state index in [0.29, 0.717) is 16.7 Å². The van der Waals surface area contributed by atoms with Crippen molar-refractivity contribution >= 4 is 22.2 Å². The van der Waals surface area contributed by atoms with E-state index in [1.165, 1.54) is 6.07 Å². The molecule has 3 heterocycles. The highest BCUT2D eigenvalue weighted by atomic mass is 32.1. The first kappa shape index (κ1) is 12.6. The van der Waals surface area contributed by atoms with Crippen LogP contribution in [-0.4, -0.2) is 41.4 Å². The molecule has 2 saturated heterocycles. The Bertz CT molecular complexity index is 530. The van der Waals surface area contributed by atoms with Crippen molar-refractivity contribution in [1.29, 1.82) is 0 Å². The number of thiophene rings is 1. The summed E-state index contributed by atoms with van der Waals surface area (Å²) in [4.78, 5) is 25.0. The number of carbonyl (C=O) groups is 1. The van der Waals surface area contributed by atoms with Gasteiger partial charge in [0.05, 0.1) is 9.80 Å². The number of nitrogens with one attached hydrogen (secondary N) is 1. The third-order valence-electron chi connectivity index (χ3n) is 4.18. The minimum atomic E-state index is -0.451. The zero-order valence-corrected chi connectivity index (χ0v) is 11.4. The Balaban J connectivity index is 1.78. The van der Waals surface area contributed by atoms with Gasteiger partial charge >= 0.3 is 5.00 Å². The summed E-state index contributed by atoms with van der Waals surface area (Å²) < 4.78 is 0. The third-order valence-corrected chi connectivity index (χ3v) is 5.20. The molecule has 6 nitrogen and oxygen atoms in total. The Labute approximate surface area is 114 Å². The Kier molecular flexibility index (Phi) is 3.02. The highest BCUT2D eigenvalue weighted by Gasteiger charge is 2.44. The zero-order chi connectivity index (χ0) is 13.6. The quantitative estimate of drug-likeness (QED) is 0.655. The van der Waals surface area contributed by atoms with Crippen molar-refractivity contribution in [3.8, 4) is 0 Å². The van der Waals surface area contributed by atoms with E-state index < -0.39 is 4.92 Å². The fraction of sp³-hybridized carbons (Fsp3) is 0.583. The Morgan fingerprint density at radius 3 is 2.95 bits per heavy atom. The lowest BCUT2D eigenvalue weighted by atomic mass is 9.95. The molecule has 0 spiro atoms. The van der Waals surface area contributed by atoms with E-state index in [9.17, 15) is 14.9 Å². The molecule has 2 aliphatic heterocycles. The summed E-state index contributed by atoms with van der Waals surface area (Å²) in [6, 6.07) is 3.17. The molecular formula is C12H15N3O3S. The van der Waals surface area contributed by atoms with E-state index >= 15 is 0 Å². The number of nitrogens with zero attached hydrogens (tertiary/aromatic N) is 2. The summed E-state index contributed by atoms with van der Waals surface area (Å²) in [6.07, 6.45) is 0. The van der Waals surface area contributed by atoms with Crippen LogP contribution in [0.3, 0.4) is 0 Å². The van der Waals surface area contributed by atoms with Crippen LogP contribution < -0.4 is 5.32 Å². The first-order valence-corrected chi connectivity index (χ1v) is 7.15. The Morgan fingerprint density at radius 1 is 1.53 bits per heavy atom. The van der Waals surface area contributed by atoms with E-state index in [1.54, 1.807) is 6.07 Å². The number of nitro groups is 1. The van der Waals surface area contributed by atoms with Crippen LogP contribution in [0.25, 0.3) is 0 Å². The lowest BCUT2D eigenvalue weighted by Gasteiger charge is -2.23. The van der Waals surface area contributed by atoms with Gasteiger partial charge in [0.15, 0.2) is 0 Å². The molecule has 1 aromatic heterocycles. The van der Waals surface area contributed by atoms with Crippen molar-refractivity contribution in [2.45, 2.75) is 13.0 Å². The predicted octanol–water partition coefficient (Wildman–Crippen LogP) is 1.34. The molecule has 2 aliphatic rings. The van der Waals surface area contributed by atoms with Crippen LogP contribution in [-0.2, 0) is 0 Å². The van der Waals surface area contributed by atoms with Crippen LogP contribution in [0.5, 0.6) is 0 Å². The van der Waals surface area contributed by atoms with Crippen molar-refractivity contribution in [2.24, 2.45) is 11.8 Å². The Morgan fingerprint density at radius 2 is 2.32 bits per heavy atom. The summed E-state index contributed by atoms with van der Waals surface area (Å²) >= 11 is 0.960. The molecule has 1 aromatic rings. The molecule has 3 rings (SSSR count). The molecule has 19 heavy (non-hydrogen) atoms. The first-order chi connectivity index (χ1) is 9.08. The van der Waals surface area contributed by atoms with E-state index in [-0.39, 0.29) is 17.0 Å². The molecule has 2 fully saturated rings. The van der Waals surface area contributed by atoms with E-state index in [2.05, 4.69) is 12.2 Å². The van der Waals surface area contributed by atoms with Gasteiger partial charge in [0, 0.05) is 31.7 Å². The molecule has 0 aromatic carbocycles. The highest BCUT2D eigenvalue weighted by molar-refractivity contribution is 7.17. The minimum Gasteiger partial charge on any atom is -0.335 e. The maximum atomic E-state index is 12.4. The van der Waals surface area contributed by atoms with Gasteiger partial charge in [-0.2, -0.15) is 0 Å². The molecule has 0 radical (unpaired) electrons. The zero-order valence-electron chi connectivity index (χ0n) is 10.5. The number of carbonyl (C=O) groups excluding carboxylic acids is 1. The normalized spacial score (nSPS) is 29.5. The molecule has 0 saturated carbocycles. The van der Waals surface area contributed by atoms with E-state index in [4.69, 9.17) is 0 Å². The third kappa shape index (κ3) is 2.02. The number of hydrogen-bond donors (Lipinski definition) is 1. The van der Waals surface area contributed by atoms with Gasteiger partial charge in [-0.25, -0.2) is 0 Å². The average molecular weight is 281 g/mol. The van der Waals surface area contributed by atoms with Crippen LogP contribution in [0.2, 0.25) is 0 Å². The summed E-state index contributed by atoms with van der Waals surface area (Å²) in [7, 11) is 0. The van der Waals surface area contributed by atoms with Gasteiger partial charge < -0.3 is 10.2 Å². The van der Waals surface area contributed by atoms with Gasteiger partial charge in [-0.15, -0.1) is 0 Å². The van der Waals surface area contributed by atoms with Crippen molar-refractivity contribution in [1.82, 2.24) is 10.2 Å². The maximum Gasteiger partial charge on any atom is 0.324 e. The van der Waals surface area contributed by atoms with Gasteiger partial charge in [0.2, 0.25) is 0 Å². The molecule has 1 N–H and O–H groups in total.